The number of aliphatic imine (C=N–C) groups is 1. The zero-order valence-corrected chi connectivity index (χ0v) is 16.1. The van der Waals surface area contributed by atoms with E-state index in [0.717, 1.165) is 9.26 Å². The molecule has 0 aromatic heterocycles. The number of amides is 1. The van der Waals surface area contributed by atoms with Crippen molar-refractivity contribution in [3.05, 3.63) is 27.8 Å². The maximum absolute atomic E-state index is 12.0. The summed E-state index contributed by atoms with van der Waals surface area (Å²) < 4.78 is 29.8. The molecular weight excluding hydrogens is 451 g/mol. The van der Waals surface area contributed by atoms with Crippen molar-refractivity contribution in [1.29, 1.82) is 0 Å². The van der Waals surface area contributed by atoms with Gasteiger partial charge >= 0.3 is 0 Å². The molecule has 2 saturated heterocycles. The number of anilines is 1. The Morgan fingerprint density at radius 2 is 2.26 bits per heavy atom. The highest BCUT2D eigenvalue weighted by Crippen LogP contribution is 2.41. The van der Waals surface area contributed by atoms with Gasteiger partial charge in [0.25, 0.3) is 5.91 Å². The number of hydrogen-bond donors (Lipinski definition) is 0. The van der Waals surface area contributed by atoms with Gasteiger partial charge in [0, 0.05) is 21.6 Å². The van der Waals surface area contributed by atoms with Gasteiger partial charge in [-0.2, -0.15) is 4.99 Å². The highest BCUT2D eigenvalue weighted by atomic mass is 127. The summed E-state index contributed by atoms with van der Waals surface area (Å²) in [7, 11) is -1.60. The Labute approximate surface area is 152 Å². The Balaban J connectivity index is 1.99. The molecule has 0 radical (unpaired) electrons. The molecule has 0 N–H and O–H groups in total. The van der Waals surface area contributed by atoms with Crippen molar-refractivity contribution in [3.63, 3.8) is 0 Å². The fraction of sp³-hybridized carbons (Fsp3) is 0.429. The number of hydrogen-bond acceptors (Lipinski definition) is 5. The smallest absolute Gasteiger partial charge is 0.274 e. The highest BCUT2D eigenvalue weighted by molar-refractivity contribution is 14.1. The number of methoxy groups -OCH3 is 1. The molecule has 9 heteroatoms. The van der Waals surface area contributed by atoms with Crippen molar-refractivity contribution >= 4 is 61.0 Å². The van der Waals surface area contributed by atoms with E-state index in [9.17, 15) is 13.2 Å². The molecule has 0 aliphatic carbocycles. The minimum atomic E-state index is -3.05. The molecular formula is C14H15IN2O4S2. The van der Waals surface area contributed by atoms with Crippen LogP contribution in [0.15, 0.2) is 29.3 Å². The average molecular weight is 466 g/mol. The summed E-state index contributed by atoms with van der Waals surface area (Å²) in [5.41, 5.74) is 0.859. The molecule has 6 nitrogen and oxygen atoms in total. The van der Waals surface area contributed by atoms with E-state index in [4.69, 9.17) is 4.74 Å². The molecule has 1 aromatic rings. The van der Waals surface area contributed by atoms with Crippen LogP contribution in [0.2, 0.25) is 0 Å². The molecule has 23 heavy (non-hydrogen) atoms. The van der Waals surface area contributed by atoms with Crippen LogP contribution in [-0.2, 0) is 19.4 Å². The van der Waals surface area contributed by atoms with Crippen LogP contribution in [-0.4, -0.2) is 56.0 Å². The SMILES string of the molecule is COCC(=O)N=C1S[C@H]2CS(=O)(=O)C[C@@H]2N1c1cccc(I)c1. The summed E-state index contributed by atoms with van der Waals surface area (Å²) in [6.07, 6.45) is 0. The number of thioether (sulfide) groups is 1. The summed E-state index contributed by atoms with van der Waals surface area (Å²) in [6, 6.07) is 7.56. The Morgan fingerprint density at radius 1 is 1.48 bits per heavy atom. The topological polar surface area (TPSA) is 76.0 Å². The largest absolute Gasteiger partial charge is 0.375 e. The predicted molar refractivity (Wildman–Crippen MR) is 99.8 cm³/mol. The molecule has 124 valence electrons. The van der Waals surface area contributed by atoms with Gasteiger partial charge in [-0.3, -0.25) is 4.79 Å². The first kappa shape index (κ1) is 17.2. The zero-order valence-electron chi connectivity index (χ0n) is 12.3. The van der Waals surface area contributed by atoms with Gasteiger partial charge in [-0.05, 0) is 40.8 Å². The fourth-order valence-corrected chi connectivity index (χ4v) is 7.21. The first-order chi connectivity index (χ1) is 10.9. The lowest BCUT2D eigenvalue weighted by Gasteiger charge is -2.24. The monoisotopic (exact) mass is 466 g/mol. The van der Waals surface area contributed by atoms with E-state index in [-0.39, 0.29) is 35.3 Å². The maximum atomic E-state index is 12.0. The van der Waals surface area contributed by atoms with Crippen LogP contribution in [0.3, 0.4) is 0 Å². The van der Waals surface area contributed by atoms with E-state index >= 15 is 0 Å². The van der Waals surface area contributed by atoms with Crippen LogP contribution in [0.5, 0.6) is 0 Å². The predicted octanol–water partition coefficient (Wildman–Crippen LogP) is 1.54. The van der Waals surface area contributed by atoms with Gasteiger partial charge in [-0.1, -0.05) is 17.8 Å². The van der Waals surface area contributed by atoms with Crippen molar-refractivity contribution in [2.24, 2.45) is 4.99 Å². The number of nitrogens with zero attached hydrogens (tertiary/aromatic N) is 2. The molecule has 2 fully saturated rings. The third-order valence-corrected chi connectivity index (χ3v) is 7.52. The lowest BCUT2D eigenvalue weighted by molar-refractivity contribution is -0.121. The molecule has 3 rings (SSSR count). The van der Waals surface area contributed by atoms with E-state index in [1.54, 1.807) is 0 Å². The number of carbonyl (C=O) groups excluding carboxylic acids is 1. The van der Waals surface area contributed by atoms with Gasteiger partial charge < -0.3 is 9.64 Å². The summed E-state index contributed by atoms with van der Waals surface area (Å²) in [5.74, 6) is -0.151. The van der Waals surface area contributed by atoms with Crippen LogP contribution in [0.25, 0.3) is 0 Å². The minimum absolute atomic E-state index is 0.0855. The van der Waals surface area contributed by atoms with Crippen molar-refractivity contribution < 1.29 is 17.9 Å². The Kier molecular flexibility index (Phi) is 5.00. The zero-order chi connectivity index (χ0) is 16.6. The normalized spacial score (nSPS) is 27.4. The molecule has 0 bridgehead atoms. The second-order valence-electron chi connectivity index (χ2n) is 5.37. The Hall–Kier alpha value is -0.650. The number of fused-ring (bicyclic) bond motifs is 1. The van der Waals surface area contributed by atoms with Gasteiger partial charge in [0.15, 0.2) is 15.0 Å². The molecule has 1 aromatic carbocycles. The second-order valence-corrected chi connectivity index (χ2v) is 9.98. The number of amidine groups is 1. The number of ether oxygens (including phenoxy) is 1. The lowest BCUT2D eigenvalue weighted by atomic mass is 10.2. The summed E-state index contributed by atoms with van der Waals surface area (Å²) in [5, 5.41) is 0.464. The van der Waals surface area contributed by atoms with E-state index < -0.39 is 9.84 Å². The van der Waals surface area contributed by atoms with E-state index in [0.29, 0.717) is 5.17 Å². The standard InChI is InChI=1S/C14H15IN2O4S2/c1-21-6-13(18)16-14-17(10-4-2-3-9(15)5-10)11-7-23(19,20)8-12(11)22-14/h2-5,11-12H,6-8H2,1H3/t11-,12-/m0/s1. The molecule has 0 unspecified atom stereocenters. The third-order valence-electron chi connectivity index (χ3n) is 3.64. The molecule has 2 aliphatic heterocycles. The quantitative estimate of drug-likeness (QED) is 0.630. The minimum Gasteiger partial charge on any atom is -0.375 e. The molecule has 2 atom stereocenters. The number of halogens is 1. The van der Waals surface area contributed by atoms with Crippen LogP contribution in [0.1, 0.15) is 0 Å². The molecule has 0 spiro atoms. The summed E-state index contributed by atoms with van der Waals surface area (Å²) in [4.78, 5) is 17.8. The van der Waals surface area contributed by atoms with E-state index in [2.05, 4.69) is 27.6 Å². The van der Waals surface area contributed by atoms with Crippen LogP contribution in [0.4, 0.5) is 5.69 Å². The molecule has 0 saturated carbocycles. The Morgan fingerprint density at radius 3 is 2.96 bits per heavy atom. The number of sulfone groups is 1. The number of benzene rings is 1. The average Bonchev–Trinajstić information content (AvgIpc) is 2.89. The van der Waals surface area contributed by atoms with E-state index in [1.165, 1.54) is 18.9 Å². The van der Waals surface area contributed by atoms with Gasteiger partial charge in [0.2, 0.25) is 0 Å². The Bertz CT molecular complexity index is 766. The third kappa shape index (κ3) is 3.72. The molecule has 2 heterocycles. The fourth-order valence-electron chi connectivity index (χ4n) is 2.75. The summed E-state index contributed by atoms with van der Waals surface area (Å²) >= 11 is 3.57. The van der Waals surface area contributed by atoms with Gasteiger partial charge in [-0.25, -0.2) is 8.42 Å². The van der Waals surface area contributed by atoms with E-state index in [1.807, 2.05) is 29.2 Å². The lowest BCUT2D eigenvalue weighted by Crippen LogP contribution is -2.37. The van der Waals surface area contributed by atoms with Crippen molar-refractivity contribution in [2.75, 3.05) is 30.1 Å². The van der Waals surface area contributed by atoms with Crippen molar-refractivity contribution in [1.82, 2.24) is 0 Å². The second kappa shape index (κ2) is 6.69. The van der Waals surface area contributed by atoms with Gasteiger partial charge in [0.1, 0.15) is 6.61 Å². The maximum Gasteiger partial charge on any atom is 0.274 e. The highest BCUT2D eigenvalue weighted by Gasteiger charge is 2.49. The van der Waals surface area contributed by atoms with Crippen molar-refractivity contribution in [3.8, 4) is 0 Å². The first-order valence-corrected chi connectivity index (χ1v) is 10.7. The first-order valence-electron chi connectivity index (χ1n) is 6.92. The van der Waals surface area contributed by atoms with Crippen LogP contribution in [0, 0.1) is 3.57 Å². The molecule has 1 amide bonds. The van der Waals surface area contributed by atoms with Crippen LogP contribution >= 0.6 is 34.4 Å². The van der Waals surface area contributed by atoms with Gasteiger partial charge in [0.05, 0.1) is 17.5 Å². The number of rotatable bonds is 3. The van der Waals surface area contributed by atoms with Crippen LogP contribution < -0.4 is 4.90 Å². The van der Waals surface area contributed by atoms with Crippen molar-refractivity contribution in [2.45, 2.75) is 11.3 Å². The summed E-state index contributed by atoms with van der Waals surface area (Å²) in [6.45, 7) is -0.0855. The molecule has 2 aliphatic rings. The van der Waals surface area contributed by atoms with Gasteiger partial charge in [-0.15, -0.1) is 0 Å². The number of carbonyl (C=O) groups is 1.